The number of nitrogens with zero attached hydrogens (tertiary/aromatic N) is 3. The van der Waals surface area contributed by atoms with E-state index in [1.54, 1.807) is 0 Å². The van der Waals surface area contributed by atoms with Crippen molar-refractivity contribution in [3.05, 3.63) is 59.4 Å². The molecule has 1 atom stereocenters. The average Bonchev–Trinajstić information content (AvgIpc) is 2.70. The molecule has 28 heavy (non-hydrogen) atoms. The van der Waals surface area contributed by atoms with E-state index < -0.39 is 6.10 Å². The van der Waals surface area contributed by atoms with Gasteiger partial charge in [0.05, 0.1) is 0 Å². The Morgan fingerprint density at radius 1 is 1.11 bits per heavy atom. The lowest BCUT2D eigenvalue weighted by atomic mass is 10.1. The molecule has 0 aliphatic carbocycles. The Bertz CT molecular complexity index is 731. The summed E-state index contributed by atoms with van der Waals surface area (Å²) in [6, 6.07) is 10.2. The number of ether oxygens (including phenoxy) is 1. The van der Waals surface area contributed by atoms with Crippen molar-refractivity contribution in [2.24, 2.45) is 0 Å². The molecule has 0 spiro atoms. The minimum Gasteiger partial charge on any atom is -0.491 e. The third-order valence-electron chi connectivity index (χ3n) is 5.34. The molecule has 5 heteroatoms. The van der Waals surface area contributed by atoms with Crippen molar-refractivity contribution >= 4 is 0 Å². The highest BCUT2D eigenvalue weighted by Gasteiger charge is 2.16. The van der Waals surface area contributed by atoms with Crippen molar-refractivity contribution in [1.29, 1.82) is 0 Å². The summed E-state index contributed by atoms with van der Waals surface area (Å²) >= 11 is 0. The van der Waals surface area contributed by atoms with Gasteiger partial charge in [-0.2, -0.15) is 0 Å². The van der Waals surface area contributed by atoms with Gasteiger partial charge < -0.3 is 14.7 Å². The second kappa shape index (κ2) is 10.6. The molecule has 0 radical (unpaired) electrons. The Hall–Kier alpha value is -1.95. The molecule has 2 heterocycles. The van der Waals surface area contributed by atoms with Crippen molar-refractivity contribution in [3.63, 3.8) is 0 Å². The summed E-state index contributed by atoms with van der Waals surface area (Å²) in [5, 5.41) is 10.4. The van der Waals surface area contributed by atoms with Crippen molar-refractivity contribution in [3.8, 4) is 5.75 Å². The van der Waals surface area contributed by atoms with Gasteiger partial charge in [-0.25, -0.2) is 0 Å². The quantitative estimate of drug-likeness (QED) is 0.720. The maximum atomic E-state index is 10.4. The summed E-state index contributed by atoms with van der Waals surface area (Å²) in [4.78, 5) is 8.78. The number of pyridine rings is 1. The van der Waals surface area contributed by atoms with Crippen LogP contribution in [0.15, 0.2) is 42.7 Å². The highest BCUT2D eigenvalue weighted by Crippen LogP contribution is 2.21. The zero-order chi connectivity index (χ0) is 19.8. The number of aliphatic hydroxyl groups is 1. The Labute approximate surface area is 169 Å². The summed E-state index contributed by atoms with van der Waals surface area (Å²) in [7, 11) is 2.11. The highest BCUT2D eigenvalue weighted by molar-refractivity contribution is 5.33. The van der Waals surface area contributed by atoms with Crippen molar-refractivity contribution in [1.82, 2.24) is 14.8 Å². The first-order valence-corrected chi connectivity index (χ1v) is 10.3. The van der Waals surface area contributed by atoms with E-state index in [1.807, 2.05) is 30.6 Å². The smallest absolute Gasteiger partial charge is 0.123 e. The fourth-order valence-electron chi connectivity index (χ4n) is 3.77. The predicted molar refractivity (Wildman–Crippen MR) is 112 cm³/mol. The van der Waals surface area contributed by atoms with E-state index >= 15 is 0 Å². The van der Waals surface area contributed by atoms with Crippen LogP contribution >= 0.6 is 0 Å². The fraction of sp³-hybridized carbons (Fsp3) is 0.522. The number of likely N-dealkylation sites (tertiary alicyclic amines) is 1. The van der Waals surface area contributed by atoms with Gasteiger partial charge in [0.15, 0.2) is 0 Å². The molecule has 0 saturated carbocycles. The Balaban J connectivity index is 1.52. The normalized spacial score (nSPS) is 16.3. The standard InChI is InChI=1S/C23H33N3O2/c1-19-14-24-11-10-20(19)15-25(2)16-21-8-4-5-9-23(21)28-18-22(27)17-26-12-6-3-7-13-26/h4-5,8-11,14,22,27H,3,6-7,12-13,15-18H2,1-2H3. The van der Waals surface area contributed by atoms with Crippen LogP contribution in [0, 0.1) is 6.92 Å². The molecule has 5 nitrogen and oxygen atoms in total. The zero-order valence-electron chi connectivity index (χ0n) is 17.2. The summed E-state index contributed by atoms with van der Waals surface area (Å²) < 4.78 is 6.00. The van der Waals surface area contributed by atoms with Gasteiger partial charge in [0.2, 0.25) is 0 Å². The molecule has 1 aromatic heterocycles. The molecule has 1 unspecified atom stereocenters. The van der Waals surface area contributed by atoms with Crippen LogP contribution < -0.4 is 4.74 Å². The number of aromatic nitrogens is 1. The molecule has 0 amide bonds. The molecule has 1 saturated heterocycles. The largest absolute Gasteiger partial charge is 0.491 e. The number of piperidine rings is 1. The maximum absolute atomic E-state index is 10.4. The summed E-state index contributed by atoms with van der Waals surface area (Å²) in [5.41, 5.74) is 3.63. The van der Waals surface area contributed by atoms with Gasteiger partial charge in [0.25, 0.3) is 0 Å². The molecule has 3 rings (SSSR count). The Morgan fingerprint density at radius 3 is 2.64 bits per heavy atom. The molecular weight excluding hydrogens is 350 g/mol. The first-order chi connectivity index (χ1) is 13.6. The minimum absolute atomic E-state index is 0.334. The second-order valence-corrected chi connectivity index (χ2v) is 7.91. The highest BCUT2D eigenvalue weighted by atomic mass is 16.5. The lowest BCUT2D eigenvalue weighted by Gasteiger charge is -2.28. The van der Waals surface area contributed by atoms with Crippen LogP contribution in [0.4, 0.5) is 0 Å². The third-order valence-corrected chi connectivity index (χ3v) is 5.34. The number of aryl methyl sites for hydroxylation is 1. The number of para-hydroxylation sites is 1. The molecule has 1 aliphatic rings. The number of β-amino-alcohol motifs (C(OH)–C–C–N with tert-alkyl or cyclic N) is 1. The minimum atomic E-state index is -0.455. The number of benzene rings is 1. The van der Waals surface area contributed by atoms with Gasteiger partial charge in [0, 0.05) is 37.6 Å². The van der Waals surface area contributed by atoms with Crippen LogP contribution in [0.3, 0.4) is 0 Å². The van der Waals surface area contributed by atoms with E-state index in [2.05, 4.69) is 40.9 Å². The fourth-order valence-corrected chi connectivity index (χ4v) is 3.77. The van der Waals surface area contributed by atoms with Crippen LogP contribution in [-0.2, 0) is 13.1 Å². The first kappa shape index (κ1) is 20.8. The lowest BCUT2D eigenvalue weighted by molar-refractivity contribution is 0.0612. The Morgan fingerprint density at radius 2 is 1.86 bits per heavy atom. The Kier molecular flexibility index (Phi) is 7.83. The number of hydrogen-bond acceptors (Lipinski definition) is 5. The molecule has 0 bridgehead atoms. The van der Waals surface area contributed by atoms with Gasteiger partial charge in [-0.05, 0) is 63.2 Å². The van der Waals surface area contributed by atoms with E-state index in [9.17, 15) is 5.11 Å². The summed E-state index contributed by atoms with van der Waals surface area (Å²) in [6.07, 6.45) is 7.08. The SMILES string of the molecule is Cc1cnccc1CN(C)Cc1ccccc1OCC(O)CN1CCCCC1. The van der Waals surface area contributed by atoms with Crippen LogP contribution in [0.5, 0.6) is 5.75 Å². The van der Waals surface area contributed by atoms with Crippen LogP contribution in [0.25, 0.3) is 0 Å². The van der Waals surface area contributed by atoms with E-state index in [4.69, 9.17) is 4.74 Å². The molecule has 1 aromatic carbocycles. The van der Waals surface area contributed by atoms with Crippen molar-refractivity contribution in [2.75, 3.05) is 33.3 Å². The summed E-state index contributed by atoms with van der Waals surface area (Å²) in [5.74, 6) is 0.860. The van der Waals surface area contributed by atoms with Gasteiger partial charge >= 0.3 is 0 Å². The third kappa shape index (κ3) is 6.30. The number of rotatable bonds is 9. The average molecular weight is 384 g/mol. The van der Waals surface area contributed by atoms with Gasteiger partial charge in [-0.1, -0.05) is 24.6 Å². The molecule has 1 fully saturated rings. The van der Waals surface area contributed by atoms with E-state index in [1.165, 1.54) is 30.4 Å². The molecular formula is C23H33N3O2. The second-order valence-electron chi connectivity index (χ2n) is 7.91. The summed E-state index contributed by atoms with van der Waals surface area (Å²) in [6.45, 7) is 6.96. The van der Waals surface area contributed by atoms with Crippen LogP contribution in [-0.4, -0.2) is 59.3 Å². The monoisotopic (exact) mass is 383 g/mol. The van der Waals surface area contributed by atoms with Gasteiger partial charge in [-0.15, -0.1) is 0 Å². The lowest BCUT2D eigenvalue weighted by Crippen LogP contribution is -2.38. The van der Waals surface area contributed by atoms with Crippen LogP contribution in [0.2, 0.25) is 0 Å². The first-order valence-electron chi connectivity index (χ1n) is 10.3. The van der Waals surface area contributed by atoms with Gasteiger partial charge in [-0.3, -0.25) is 9.88 Å². The molecule has 1 aliphatic heterocycles. The predicted octanol–water partition coefficient (Wildman–Crippen LogP) is 3.25. The zero-order valence-corrected chi connectivity index (χ0v) is 17.2. The van der Waals surface area contributed by atoms with E-state index in [0.29, 0.717) is 13.2 Å². The van der Waals surface area contributed by atoms with Gasteiger partial charge in [0.1, 0.15) is 18.5 Å². The van der Waals surface area contributed by atoms with E-state index in [0.717, 1.165) is 37.5 Å². The topological polar surface area (TPSA) is 48.8 Å². The molecule has 1 N–H and O–H groups in total. The van der Waals surface area contributed by atoms with E-state index in [-0.39, 0.29) is 0 Å². The van der Waals surface area contributed by atoms with Crippen molar-refractivity contribution in [2.45, 2.75) is 45.4 Å². The molecule has 152 valence electrons. The number of aliphatic hydroxyl groups excluding tert-OH is 1. The molecule has 2 aromatic rings. The van der Waals surface area contributed by atoms with Crippen molar-refractivity contribution < 1.29 is 9.84 Å². The maximum Gasteiger partial charge on any atom is 0.123 e. The van der Waals surface area contributed by atoms with Crippen LogP contribution in [0.1, 0.15) is 36.0 Å². The number of hydrogen-bond donors (Lipinski definition) is 1.